The van der Waals surface area contributed by atoms with E-state index in [-0.39, 0.29) is 65.5 Å². The highest BCUT2D eigenvalue weighted by molar-refractivity contribution is 5.81. The summed E-state index contributed by atoms with van der Waals surface area (Å²) in [5.74, 6) is 0.756. The molecule has 5 atom stereocenters. The molecule has 10 N–H and O–H groups in total. The summed E-state index contributed by atoms with van der Waals surface area (Å²) in [5.41, 5.74) is 26.4. The van der Waals surface area contributed by atoms with E-state index in [2.05, 4.69) is 35.5 Å². The maximum Gasteiger partial charge on any atom is 0.235 e. The van der Waals surface area contributed by atoms with E-state index >= 15 is 0 Å². The molecule has 0 radical (unpaired) electrons. The van der Waals surface area contributed by atoms with Crippen LogP contribution in [0.1, 0.15) is 141 Å². The molecule has 2 fully saturated rings. The van der Waals surface area contributed by atoms with Crippen molar-refractivity contribution in [3.63, 3.8) is 0 Å². The first kappa shape index (κ1) is 59.5. The van der Waals surface area contributed by atoms with Gasteiger partial charge in [0, 0.05) is 5.92 Å². The first-order chi connectivity index (χ1) is 26.8. The maximum absolute atomic E-state index is 11.2. The summed E-state index contributed by atoms with van der Waals surface area (Å²) in [4.78, 5) is 63.4. The molecule has 2 rings (SSSR count). The average Bonchev–Trinajstić information content (AvgIpc) is 3.61. The van der Waals surface area contributed by atoms with Gasteiger partial charge in [0.1, 0.15) is 0 Å². The van der Waals surface area contributed by atoms with E-state index in [0.717, 1.165) is 58.5 Å². The minimum absolute atomic E-state index is 0.0486. The lowest BCUT2D eigenvalue weighted by molar-refractivity contribution is -0.125. The van der Waals surface area contributed by atoms with Crippen molar-refractivity contribution in [1.82, 2.24) is 19.6 Å². The van der Waals surface area contributed by atoms with Gasteiger partial charge in [-0.3, -0.25) is 43.6 Å². The second-order valence-electron chi connectivity index (χ2n) is 17.8. The first-order valence-electron chi connectivity index (χ1n) is 22.2. The Morgan fingerprint density at radius 1 is 0.483 bits per heavy atom. The second kappa shape index (κ2) is 33.0. The zero-order valence-corrected chi connectivity index (χ0v) is 39.9. The lowest BCUT2D eigenvalue weighted by Gasteiger charge is -2.34. The minimum Gasteiger partial charge on any atom is -0.369 e. The third-order valence-corrected chi connectivity index (χ3v) is 10.8. The molecular weight excluding hydrogens is 735 g/mol. The van der Waals surface area contributed by atoms with Crippen LogP contribution in [0.25, 0.3) is 0 Å². The summed E-state index contributed by atoms with van der Waals surface area (Å²) in [6.45, 7) is 32.4. The van der Waals surface area contributed by atoms with Gasteiger partial charge < -0.3 is 28.7 Å². The number of hydrogen-bond donors (Lipinski definition) is 5. The summed E-state index contributed by atoms with van der Waals surface area (Å²) in [6, 6.07) is -0.354. The van der Waals surface area contributed by atoms with Crippen LogP contribution < -0.4 is 28.7 Å². The van der Waals surface area contributed by atoms with Crippen molar-refractivity contribution in [3.8, 4) is 0 Å². The van der Waals surface area contributed by atoms with Crippen molar-refractivity contribution < 1.29 is 24.0 Å². The number of rotatable bonds is 19. The molecule has 0 aliphatic carbocycles. The molecule has 344 valence electrons. The van der Waals surface area contributed by atoms with Crippen LogP contribution in [0, 0.1) is 35.5 Å². The molecule has 0 bridgehead atoms. The van der Waals surface area contributed by atoms with Gasteiger partial charge in [-0.05, 0) is 115 Å². The molecule has 0 aromatic heterocycles. The van der Waals surface area contributed by atoms with Gasteiger partial charge >= 0.3 is 0 Å². The topological polar surface area (TPSA) is 228 Å². The fourth-order valence-corrected chi connectivity index (χ4v) is 8.03. The van der Waals surface area contributed by atoms with Gasteiger partial charge in [0.15, 0.2) is 0 Å². The number of nitrogens with two attached hydrogens (primary N) is 5. The van der Waals surface area contributed by atoms with Crippen LogP contribution >= 0.6 is 0 Å². The van der Waals surface area contributed by atoms with E-state index < -0.39 is 0 Å². The fourth-order valence-electron chi connectivity index (χ4n) is 8.03. The van der Waals surface area contributed by atoms with Crippen LogP contribution in [0.2, 0.25) is 0 Å². The highest BCUT2D eigenvalue weighted by Gasteiger charge is 2.29. The van der Waals surface area contributed by atoms with Crippen LogP contribution in [0.3, 0.4) is 0 Å². The van der Waals surface area contributed by atoms with E-state index in [0.29, 0.717) is 23.7 Å². The van der Waals surface area contributed by atoms with Gasteiger partial charge in [-0.2, -0.15) is 0 Å². The third-order valence-electron chi connectivity index (χ3n) is 10.8. The number of amides is 5. The number of likely N-dealkylation sites (N-methyl/N-ethyl adjacent to an activating group) is 2. The molecule has 14 heteroatoms. The zero-order valence-electron chi connectivity index (χ0n) is 39.9. The van der Waals surface area contributed by atoms with E-state index in [9.17, 15) is 24.0 Å². The molecule has 5 unspecified atom stereocenters. The molecule has 2 heterocycles. The Morgan fingerprint density at radius 3 is 1.00 bits per heavy atom. The summed E-state index contributed by atoms with van der Waals surface area (Å²) in [6.07, 6.45) is 9.30. The average molecular weight is 828 g/mol. The first-order valence-corrected chi connectivity index (χ1v) is 22.2. The van der Waals surface area contributed by atoms with Gasteiger partial charge in [-0.25, -0.2) is 0 Å². The van der Waals surface area contributed by atoms with Crippen LogP contribution in [0.4, 0.5) is 0 Å². The monoisotopic (exact) mass is 828 g/mol. The largest absolute Gasteiger partial charge is 0.369 e. The van der Waals surface area contributed by atoms with Crippen LogP contribution in [-0.2, 0) is 24.0 Å². The third kappa shape index (κ3) is 25.0. The Bertz CT molecular complexity index is 1080. The Kier molecular flexibility index (Phi) is 33.8. The lowest BCUT2D eigenvalue weighted by atomic mass is 9.90. The molecule has 0 saturated carbocycles. The summed E-state index contributed by atoms with van der Waals surface area (Å²) < 4.78 is 0. The highest BCUT2D eigenvalue weighted by atomic mass is 16.2. The van der Waals surface area contributed by atoms with Crippen molar-refractivity contribution in [2.45, 2.75) is 166 Å². The number of primary amides is 5. The SMILES string of the molecule is CC(C)C(C(N)=O)N(C)C.CC(C)C(C(N)=O)N1CCCC1.CC(C)C(C(N)=O)N1CCCCC1.CCCCC(C(N)=O)C(C)C.CCN(CC)C(C(N)=O)C(C)C. The Labute approximate surface area is 355 Å². The number of carbonyl (C=O) groups is 5. The standard InChI is InChI=1S/C10H20N2O.C9H18N2O.C9H20N2O.C9H19NO.C7H16N2O/c1-8(2)9(10(11)13)12-6-4-3-5-7-12;1-7(2)8(9(10)12)11-5-3-4-6-11;1-5-11(6-2)8(7(3)4)9(10)12;1-4-5-6-8(7(2)3)9(10)11;1-5(2)6(7(8)10)9(3)4/h8-9H,3-7H2,1-2H3,(H2,11,13);7-8H,3-6H2,1-2H3,(H2,10,12);7-8H,5-6H2,1-4H3,(H2,10,12);7-8H,4-6H2,1-3H3,(H2,10,11);5-6H,1-4H3,(H2,8,10). The molecule has 5 amide bonds. The Morgan fingerprint density at radius 2 is 0.828 bits per heavy atom. The smallest absolute Gasteiger partial charge is 0.235 e. The van der Waals surface area contributed by atoms with E-state index in [1.165, 1.54) is 32.1 Å². The van der Waals surface area contributed by atoms with Gasteiger partial charge in [-0.1, -0.05) is 109 Å². The molecule has 58 heavy (non-hydrogen) atoms. The normalized spacial score (nSPS) is 17.2. The lowest BCUT2D eigenvalue weighted by Crippen LogP contribution is -2.49. The van der Waals surface area contributed by atoms with Crippen LogP contribution in [0.15, 0.2) is 0 Å². The highest BCUT2D eigenvalue weighted by Crippen LogP contribution is 2.19. The molecular formula is C44H93N9O5. The molecule has 0 aromatic carbocycles. The van der Waals surface area contributed by atoms with Gasteiger partial charge in [0.05, 0.1) is 24.2 Å². The molecule has 2 aliphatic rings. The van der Waals surface area contributed by atoms with Crippen molar-refractivity contribution in [3.05, 3.63) is 0 Å². The second-order valence-corrected chi connectivity index (χ2v) is 17.8. The Hall–Kier alpha value is -2.81. The number of hydrogen-bond acceptors (Lipinski definition) is 9. The van der Waals surface area contributed by atoms with Crippen molar-refractivity contribution in [1.29, 1.82) is 0 Å². The number of piperidine rings is 1. The zero-order chi connectivity index (χ0) is 45.9. The number of carbonyl (C=O) groups excluding carboxylic acids is 5. The van der Waals surface area contributed by atoms with Gasteiger partial charge in [0.2, 0.25) is 29.5 Å². The summed E-state index contributed by atoms with van der Waals surface area (Å²) in [7, 11) is 3.71. The predicted molar refractivity (Wildman–Crippen MR) is 241 cm³/mol. The van der Waals surface area contributed by atoms with Crippen molar-refractivity contribution >= 4 is 29.5 Å². The van der Waals surface area contributed by atoms with Gasteiger partial charge in [-0.15, -0.1) is 0 Å². The van der Waals surface area contributed by atoms with Crippen LogP contribution in [0.5, 0.6) is 0 Å². The molecule has 0 spiro atoms. The molecule has 2 aliphatic heterocycles. The molecule has 0 aromatic rings. The molecule has 14 nitrogen and oxygen atoms in total. The fraction of sp³-hybridized carbons (Fsp3) is 0.886. The van der Waals surface area contributed by atoms with E-state index in [4.69, 9.17) is 28.7 Å². The van der Waals surface area contributed by atoms with Crippen molar-refractivity contribution in [2.75, 3.05) is 53.4 Å². The van der Waals surface area contributed by atoms with Crippen LogP contribution in [-0.4, -0.2) is 127 Å². The summed E-state index contributed by atoms with van der Waals surface area (Å²) in [5, 5.41) is 0. The number of nitrogens with zero attached hydrogens (tertiary/aromatic N) is 4. The maximum atomic E-state index is 11.2. The quantitative estimate of drug-likeness (QED) is 0.124. The van der Waals surface area contributed by atoms with E-state index in [1.54, 1.807) is 0 Å². The van der Waals surface area contributed by atoms with Crippen molar-refractivity contribution in [2.24, 2.45) is 64.2 Å². The molecule has 2 saturated heterocycles. The Balaban J connectivity index is -0.000000654. The number of unbranched alkanes of at least 4 members (excludes halogenated alkanes) is 1. The minimum atomic E-state index is -0.250. The van der Waals surface area contributed by atoms with Gasteiger partial charge in [0.25, 0.3) is 0 Å². The summed E-state index contributed by atoms with van der Waals surface area (Å²) >= 11 is 0. The predicted octanol–water partition coefficient (Wildman–Crippen LogP) is 4.40. The number of likely N-dealkylation sites (tertiary alicyclic amines) is 2. The van der Waals surface area contributed by atoms with E-state index in [1.807, 2.05) is 88.2 Å².